The highest BCUT2D eigenvalue weighted by atomic mass is 32.1. The molecule has 0 bridgehead atoms. The van der Waals surface area contributed by atoms with Crippen molar-refractivity contribution in [1.82, 2.24) is 9.88 Å². The summed E-state index contributed by atoms with van der Waals surface area (Å²) in [5.74, 6) is 0.249. The molecule has 0 fully saturated rings. The summed E-state index contributed by atoms with van der Waals surface area (Å²) in [6, 6.07) is 0.220. The second kappa shape index (κ2) is 7.60. The molecular formula is C14H25N3OS. The van der Waals surface area contributed by atoms with Crippen LogP contribution in [0.15, 0.2) is 5.38 Å². The molecule has 1 aromatic rings. The monoisotopic (exact) mass is 283 g/mol. The number of hydrogen-bond acceptors (Lipinski definition) is 4. The van der Waals surface area contributed by atoms with Crippen molar-refractivity contribution >= 4 is 17.2 Å². The van der Waals surface area contributed by atoms with Gasteiger partial charge in [0.25, 0.3) is 0 Å². The second-order valence-corrected chi connectivity index (χ2v) is 6.42. The van der Waals surface area contributed by atoms with Crippen molar-refractivity contribution in [2.24, 2.45) is 11.7 Å². The van der Waals surface area contributed by atoms with Crippen LogP contribution >= 0.6 is 11.3 Å². The Bertz CT molecular complexity index is 403. The zero-order valence-corrected chi connectivity index (χ0v) is 13.2. The molecule has 1 amide bonds. The van der Waals surface area contributed by atoms with Crippen LogP contribution in [0, 0.1) is 12.8 Å². The minimum Gasteiger partial charge on any atom is -0.340 e. The normalized spacial score (nSPS) is 14.2. The molecular weight excluding hydrogens is 258 g/mol. The second-order valence-electron chi connectivity index (χ2n) is 5.36. The van der Waals surface area contributed by atoms with E-state index in [1.165, 1.54) is 0 Å². The van der Waals surface area contributed by atoms with E-state index in [2.05, 4.69) is 4.98 Å². The van der Waals surface area contributed by atoms with Gasteiger partial charge in [0.2, 0.25) is 5.91 Å². The van der Waals surface area contributed by atoms with Crippen LogP contribution in [0.5, 0.6) is 0 Å². The van der Waals surface area contributed by atoms with E-state index in [4.69, 9.17) is 5.73 Å². The summed E-state index contributed by atoms with van der Waals surface area (Å²) in [5.41, 5.74) is 6.69. The first-order valence-electron chi connectivity index (χ1n) is 6.81. The molecule has 2 N–H and O–H groups in total. The Balaban J connectivity index is 2.38. The Morgan fingerprint density at radius 1 is 1.47 bits per heavy atom. The number of nitrogens with two attached hydrogens (primary N) is 1. The van der Waals surface area contributed by atoms with Gasteiger partial charge in [0.1, 0.15) is 0 Å². The summed E-state index contributed by atoms with van der Waals surface area (Å²) in [7, 11) is 1.85. The molecule has 1 aromatic heterocycles. The van der Waals surface area contributed by atoms with Crippen LogP contribution in [-0.4, -0.2) is 28.9 Å². The zero-order valence-electron chi connectivity index (χ0n) is 12.3. The van der Waals surface area contributed by atoms with E-state index in [1.807, 2.05) is 33.2 Å². The van der Waals surface area contributed by atoms with Crippen molar-refractivity contribution in [3.05, 3.63) is 16.1 Å². The quantitative estimate of drug-likeness (QED) is 0.836. The lowest BCUT2D eigenvalue weighted by Gasteiger charge is -2.20. The van der Waals surface area contributed by atoms with E-state index in [9.17, 15) is 4.79 Å². The van der Waals surface area contributed by atoms with Crippen LogP contribution in [0.25, 0.3) is 0 Å². The van der Waals surface area contributed by atoms with Crippen molar-refractivity contribution in [3.63, 3.8) is 0 Å². The third-order valence-corrected chi connectivity index (χ3v) is 3.98. The maximum absolute atomic E-state index is 12.2. The fraction of sp³-hybridized carbons (Fsp3) is 0.714. The molecule has 0 spiro atoms. The van der Waals surface area contributed by atoms with Crippen molar-refractivity contribution in [3.8, 4) is 0 Å². The number of aromatic nitrogens is 1. The number of carbonyl (C=O) groups is 1. The van der Waals surface area contributed by atoms with Crippen LogP contribution in [0.2, 0.25) is 0 Å². The minimum atomic E-state index is 0.0588. The third-order valence-electron chi connectivity index (χ3n) is 3.16. The smallest absolute Gasteiger partial charge is 0.225 e. The Kier molecular flexibility index (Phi) is 6.45. The molecule has 2 atom stereocenters. The van der Waals surface area contributed by atoms with Gasteiger partial charge in [-0.05, 0) is 26.7 Å². The number of thiazole rings is 1. The maximum Gasteiger partial charge on any atom is 0.225 e. The van der Waals surface area contributed by atoms with Crippen LogP contribution in [-0.2, 0) is 11.3 Å². The van der Waals surface area contributed by atoms with Gasteiger partial charge in [-0.25, -0.2) is 4.98 Å². The molecule has 0 aromatic carbocycles. The van der Waals surface area contributed by atoms with Gasteiger partial charge in [-0.15, -0.1) is 11.3 Å². The molecule has 108 valence electrons. The van der Waals surface area contributed by atoms with Gasteiger partial charge in [0, 0.05) is 24.4 Å². The van der Waals surface area contributed by atoms with Gasteiger partial charge in [0.15, 0.2) is 0 Å². The van der Waals surface area contributed by atoms with Gasteiger partial charge in [-0.3, -0.25) is 4.79 Å². The average molecular weight is 283 g/mol. The number of carbonyl (C=O) groups excluding carboxylic acids is 1. The average Bonchev–Trinajstić information content (AvgIpc) is 2.73. The number of hydrogen-bond donors (Lipinski definition) is 1. The van der Waals surface area contributed by atoms with E-state index in [0.717, 1.165) is 30.0 Å². The van der Waals surface area contributed by atoms with Crippen LogP contribution in [0.1, 0.15) is 43.8 Å². The predicted octanol–water partition coefficient (Wildman–Crippen LogP) is 2.56. The lowest BCUT2D eigenvalue weighted by Crippen LogP contribution is -2.31. The SMILES string of the molecule is Cc1nc(CN(C)C(=O)C(C)CCCC(C)N)cs1. The summed E-state index contributed by atoms with van der Waals surface area (Å²) in [6.45, 7) is 6.57. The van der Waals surface area contributed by atoms with Crippen molar-refractivity contribution in [1.29, 1.82) is 0 Å². The van der Waals surface area contributed by atoms with Crippen molar-refractivity contribution in [2.75, 3.05) is 7.05 Å². The summed E-state index contributed by atoms with van der Waals surface area (Å²) < 4.78 is 0. The summed E-state index contributed by atoms with van der Waals surface area (Å²) >= 11 is 1.62. The molecule has 19 heavy (non-hydrogen) atoms. The topological polar surface area (TPSA) is 59.2 Å². The Morgan fingerprint density at radius 3 is 2.68 bits per heavy atom. The highest BCUT2D eigenvalue weighted by Crippen LogP contribution is 2.15. The molecule has 0 aliphatic heterocycles. The predicted molar refractivity (Wildman–Crippen MR) is 80.0 cm³/mol. The van der Waals surface area contributed by atoms with E-state index >= 15 is 0 Å². The molecule has 4 nitrogen and oxygen atoms in total. The Labute approximate surface area is 120 Å². The first-order chi connectivity index (χ1) is 8.90. The van der Waals surface area contributed by atoms with Gasteiger partial charge in [-0.2, -0.15) is 0 Å². The zero-order chi connectivity index (χ0) is 14.4. The van der Waals surface area contributed by atoms with Gasteiger partial charge in [0.05, 0.1) is 17.2 Å². The van der Waals surface area contributed by atoms with Gasteiger partial charge < -0.3 is 10.6 Å². The number of rotatable bonds is 7. The van der Waals surface area contributed by atoms with Crippen LogP contribution in [0.4, 0.5) is 0 Å². The van der Waals surface area contributed by atoms with Crippen molar-refractivity contribution in [2.45, 2.75) is 52.6 Å². The maximum atomic E-state index is 12.2. The van der Waals surface area contributed by atoms with E-state index < -0.39 is 0 Å². The molecule has 1 heterocycles. The Morgan fingerprint density at radius 2 is 2.16 bits per heavy atom. The molecule has 0 saturated carbocycles. The van der Waals surface area contributed by atoms with Gasteiger partial charge >= 0.3 is 0 Å². The fourth-order valence-electron chi connectivity index (χ4n) is 2.05. The lowest BCUT2D eigenvalue weighted by atomic mass is 10.0. The largest absolute Gasteiger partial charge is 0.340 e. The number of nitrogens with zero attached hydrogens (tertiary/aromatic N) is 2. The van der Waals surface area contributed by atoms with Crippen molar-refractivity contribution < 1.29 is 4.79 Å². The first kappa shape index (κ1) is 16.1. The van der Waals surface area contributed by atoms with Crippen LogP contribution in [0.3, 0.4) is 0 Å². The lowest BCUT2D eigenvalue weighted by molar-refractivity contribution is -0.134. The molecule has 0 aliphatic rings. The molecule has 0 saturated heterocycles. The highest BCUT2D eigenvalue weighted by molar-refractivity contribution is 7.09. The van der Waals surface area contributed by atoms with E-state index in [1.54, 1.807) is 16.2 Å². The first-order valence-corrected chi connectivity index (χ1v) is 7.69. The third kappa shape index (κ3) is 5.70. The molecule has 5 heteroatoms. The standard InChI is InChI=1S/C14H25N3OS/c1-10(6-5-7-11(2)15)14(18)17(4)8-13-9-19-12(3)16-13/h9-11H,5-8,15H2,1-4H3. The summed E-state index contributed by atoms with van der Waals surface area (Å²) in [5, 5.41) is 3.06. The fourth-order valence-corrected chi connectivity index (χ4v) is 2.65. The van der Waals surface area contributed by atoms with Gasteiger partial charge in [-0.1, -0.05) is 13.3 Å². The minimum absolute atomic E-state index is 0.0588. The van der Waals surface area contributed by atoms with E-state index in [-0.39, 0.29) is 17.9 Å². The number of amides is 1. The number of aryl methyl sites for hydroxylation is 1. The highest BCUT2D eigenvalue weighted by Gasteiger charge is 2.18. The summed E-state index contributed by atoms with van der Waals surface area (Å²) in [6.07, 6.45) is 2.89. The molecule has 0 aliphatic carbocycles. The summed E-state index contributed by atoms with van der Waals surface area (Å²) in [4.78, 5) is 18.4. The molecule has 2 unspecified atom stereocenters. The molecule has 0 radical (unpaired) electrons. The Hall–Kier alpha value is -0.940. The van der Waals surface area contributed by atoms with E-state index in [0.29, 0.717) is 6.54 Å². The van der Waals surface area contributed by atoms with Crippen LogP contribution < -0.4 is 5.73 Å². The molecule has 1 rings (SSSR count).